The Bertz CT molecular complexity index is 300. The smallest absolute Gasteiger partial charge is 0.119 e. The van der Waals surface area contributed by atoms with Gasteiger partial charge in [-0.05, 0) is 36.6 Å². The van der Waals surface area contributed by atoms with Gasteiger partial charge in [-0.2, -0.15) is 0 Å². The highest BCUT2D eigenvalue weighted by Gasteiger charge is 1.96. The fourth-order valence-electron chi connectivity index (χ4n) is 1.29. The normalized spacial score (nSPS) is 11.5. The highest BCUT2D eigenvalue weighted by Crippen LogP contribution is 2.19. The fourth-order valence-corrected chi connectivity index (χ4v) is 1.29. The lowest BCUT2D eigenvalue weighted by Gasteiger charge is -2.04. The molecule has 0 bridgehead atoms. The van der Waals surface area contributed by atoms with E-state index in [-0.39, 0.29) is 0 Å². The van der Waals surface area contributed by atoms with Crippen molar-refractivity contribution in [1.29, 1.82) is 0 Å². The molecule has 0 saturated carbocycles. The minimum atomic E-state index is 0.918. The van der Waals surface area contributed by atoms with Crippen LogP contribution in [0.2, 0.25) is 0 Å². The van der Waals surface area contributed by atoms with Crippen molar-refractivity contribution in [2.75, 3.05) is 7.11 Å². The van der Waals surface area contributed by atoms with E-state index in [1.165, 1.54) is 11.1 Å². The zero-order valence-electron chi connectivity index (χ0n) is 8.50. The number of benzene rings is 1. The maximum atomic E-state index is 5.16. The zero-order valence-corrected chi connectivity index (χ0v) is 8.50. The highest BCUT2D eigenvalue weighted by atomic mass is 16.5. The van der Waals surface area contributed by atoms with Crippen LogP contribution in [0.4, 0.5) is 0 Å². The molecule has 0 saturated heterocycles. The average molecular weight is 176 g/mol. The molecule has 0 aliphatic rings. The van der Waals surface area contributed by atoms with E-state index in [0.717, 1.165) is 12.2 Å². The Hall–Kier alpha value is -1.24. The van der Waals surface area contributed by atoms with Crippen LogP contribution in [-0.4, -0.2) is 7.11 Å². The molecule has 1 heteroatoms. The number of hydrogen-bond donors (Lipinski definition) is 0. The van der Waals surface area contributed by atoms with Crippen molar-refractivity contribution in [3.63, 3.8) is 0 Å². The number of methoxy groups -OCH3 is 1. The summed E-state index contributed by atoms with van der Waals surface area (Å²) >= 11 is 0. The number of rotatable bonds is 3. The molecule has 0 atom stereocenters. The van der Waals surface area contributed by atoms with Crippen LogP contribution in [0, 0.1) is 0 Å². The van der Waals surface area contributed by atoms with Crippen LogP contribution in [0.3, 0.4) is 0 Å². The number of allylic oxidation sites excluding steroid dienone is 2. The van der Waals surface area contributed by atoms with Gasteiger partial charge in [0.2, 0.25) is 0 Å². The molecule has 0 heterocycles. The number of ether oxygens (including phenoxy) is 1. The summed E-state index contributed by atoms with van der Waals surface area (Å²) in [6.45, 7) is 4.27. The van der Waals surface area contributed by atoms with E-state index in [9.17, 15) is 0 Å². The minimum absolute atomic E-state index is 0.918. The quantitative estimate of drug-likeness (QED) is 0.684. The highest BCUT2D eigenvalue weighted by molar-refractivity contribution is 5.64. The predicted molar refractivity (Wildman–Crippen MR) is 56.9 cm³/mol. The van der Waals surface area contributed by atoms with Crippen LogP contribution >= 0.6 is 0 Å². The van der Waals surface area contributed by atoms with Crippen molar-refractivity contribution >= 4 is 5.57 Å². The molecule has 0 aromatic heterocycles. The Kier molecular flexibility index (Phi) is 3.56. The van der Waals surface area contributed by atoms with Crippen LogP contribution < -0.4 is 4.74 Å². The van der Waals surface area contributed by atoms with Gasteiger partial charge in [0.25, 0.3) is 0 Å². The Morgan fingerprint density at radius 1 is 1.46 bits per heavy atom. The van der Waals surface area contributed by atoms with E-state index in [1.54, 1.807) is 7.11 Å². The summed E-state index contributed by atoms with van der Waals surface area (Å²) in [5, 5.41) is 0. The Morgan fingerprint density at radius 2 is 2.23 bits per heavy atom. The van der Waals surface area contributed by atoms with Crippen molar-refractivity contribution in [2.45, 2.75) is 20.3 Å². The Morgan fingerprint density at radius 3 is 2.85 bits per heavy atom. The maximum Gasteiger partial charge on any atom is 0.119 e. The molecular formula is C12H16O. The van der Waals surface area contributed by atoms with Crippen LogP contribution in [0.15, 0.2) is 30.3 Å². The van der Waals surface area contributed by atoms with Crippen LogP contribution in [0.5, 0.6) is 5.75 Å². The molecule has 0 unspecified atom stereocenters. The molecule has 1 aromatic rings. The van der Waals surface area contributed by atoms with Crippen LogP contribution in [0.25, 0.3) is 5.57 Å². The summed E-state index contributed by atoms with van der Waals surface area (Å²) < 4.78 is 5.16. The lowest BCUT2D eigenvalue weighted by atomic mass is 10.1. The molecule has 0 aliphatic carbocycles. The van der Waals surface area contributed by atoms with E-state index in [0.29, 0.717) is 0 Å². The van der Waals surface area contributed by atoms with E-state index >= 15 is 0 Å². The van der Waals surface area contributed by atoms with Crippen molar-refractivity contribution in [3.05, 3.63) is 35.9 Å². The van der Waals surface area contributed by atoms with Gasteiger partial charge in [0.15, 0.2) is 0 Å². The zero-order chi connectivity index (χ0) is 9.68. The van der Waals surface area contributed by atoms with Crippen molar-refractivity contribution in [2.24, 2.45) is 0 Å². The Balaban J connectivity index is 2.94. The van der Waals surface area contributed by atoms with Gasteiger partial charge in [-0.25, -0.2) is 0 Å². The third-order valence-corrected chi connectivity index (χ3v) is 2.04. The first-order valence-corrected chi connectivity index (χ1v) is 4.59. The third kappa shape index (κ3) is 2.62. The molecular weight excluding hydrogens is 160 g/mol. The van der Waals surface area contributed by atoms with Gasteiger partial charge in [0.1, 0.15) is 5.75 Å². The molecule has 0 N–H and O–H groups in total. The SMILES string of the molecule is CCC=C(C)c1cccc(OC)c1. The first-order chi connectivity index (χ1) is 6.27. The van der Waals surface area contributed by atoms with E-state index in [1.807, 2.05) is 12.1 Å². The van der Waals surface area contributed by atoms with Crippen molar-refractivity contribution in [3.8, 4) is 5.75 Å². The molecule has 13 heavy (non-hydrogen) atoms. The second-order valence-electron chi connectivity index (χ2n) is 3.03. The minimum Gasteiger partial charge on any atom is -0.497 e. The van der Waals surface area contributed by atoms with Crippen LogP contribution in [-0.2, 0) is 0 Å². The lowest BCUT2D eigenvalue weighted by molar-refractivity contribution is 0.414. The molecule has 0 fully saturated rings. The monoisotopic (exact) mass is 176 g/mol. The van der Waals surface area contributed by atoms with Gasteiger partial charge in [-0.15, -0.1) is 0 Å². The topological polar surface area (TPSA) is 9.23 Å². The second-order valence-corrected chi connectivity index (χ2v) is 3.03. The van der Waals surface area contributed by atoms with E-state index in [4.69, 9.17) is 4.74 Å². The summed E-state index contributed by atoms with van der Waals surface area (Å²) in [6, 6.07) is 8.13. The van der Waals surface area contributed by atoms with Gasteiger partial charge in [-0.1, -0.05) is 25.1 Å². The second kappa shape index (κ2) is 4.70. The average Bonchev–Trinajstić information content (AvgIpc) is 2.18. The summed E-state index contributed by atoms with van der Waals surface area (Å²) in [5.41, 5.74) is 2.54. The van der Waals surface area contributed by atoms with Gasteiger partial charge >= 0.3 is 0 Å². The summed E-state index contributed by atoms with van der Waals surface area (Å²) in [5.74, 6) is 0.918. The van der Waals surface area contributed by atoms with Crippen molar-refractivity contribution < 1.29 is 4.74 Å². The summed E-state index contributed by atoms with van der Waals surface area (Å²) in [6.07, 6.45) is 3.29. The summed E-state index contributed by atoms with van der Waals surface area (Å²) in [7, 11) is 1.69. The largest absolute Gasteiger partial charge is 0.497 e. The molecule has 1 nitrogen and oxygen atoms in total. The van der Waals surface area contributed by atoms with Gasteiger partial charge < -0.3 is 4.74 Å². The van der Waals surface area contributed by atoms with Gasteiger partial charge in [0.05, 0.1) is 7.11 Å². The van der Waals surface area contributed by atoms with Crippen molar-refractivity contribution in [1.82, 2.24) is 0 Å². The molecule has 0 spiro atoms. The maximum absolute atomic E-state index is 5.16. The standard InChI is InChI=1S/C12H16O/c1-4-6-10(2)11-7-5-8-12(9-11)13-3/h5-9H,4H2,1-3H3. The third-order valence-electron chi connectivity index (χ3n) is 2.04. The molecule has 0 aliphatic heterocycles. The Labute approximate surface area is 80.0 Å². The predicted octanol–water partition coefficient (Wildman–Crippen LogP) is 3.51. The lowest BCUT2D eigenvalue weighted by Crippen LogP contribution is -1.84. The molecule has 0 radical (unpaired) electrons. The number of hydrogen-bond acceptors (Lipinski definition) is 1. The first-order valence-electron chi connectivity index (χ1n) is 4.59. The molecule has 0 amide bonds. The fraction of sp³-hybridized carbons (Fsp3) is 0.333. The van der Waals surface area contributed by atoms with Crippen LogP contribution in [0.1, 0.15) is 25.8 Å². The molecule has 1 rings (SSSR count). The first kappa shape index (κ1) is 9.85. The summed E-state index contributed by atoms with van der Waals surface area (Å²) in [4.78, 5) is 0. The van der Waals surface area contributed by atoms with E-state index < -0.39 is 0 Å². The molecule has 70 valence electrons. The molecule has 1 aromatic carbocycles. The van der Waals surface area contributed by atoms with Gasteiger partial charge in [0, 0.05) is 0 Å². The van der Waals surface area contributed by atoms with E-state index in [2.05, 4.69) is 32.1 Å². The van der Waals surface area contributed by atoms with Gasteiger partial charge in [-0.3, -0.25) is 0 Å².